The van der Waals surface area contributed by atoms with Gasteiger partial charge in [-0.25, -0.2) is 0 Å². The van der Waals surface area contributed by atoms with Gasteiger partial charge in [0.25, 0.3) is 0 Å². The van der Waals surface area contributed by atoms with E-state index >= 15 is 0 Å². The highest BCUT2D eigenvalue weighted by Gasteiger charge is 2.78. The molecule has 0 radical (unpaired) electrons. The van der Waals surface area contributed by atoms with Crippen molar-refractivity contribution in [2.45, 2.75) is 26.7 Å². The molecule has 3 fully saturated rings. The van der Waals surface area contributed by atoms with Crippen LogP contribution in [0.1, 0.15) is 26.7 Å². The van der Waals surface area contributed by atoms with Crippen molar-refractivity contribution < 1.29 is 4.79 Å². The molecule has 3 saturated carbocycles. The number of Topliss-reactive ketones (excluding diaryl/α,β-unsaturated/α-hetero) is 1. The van der Waals surface area contributed by atoms with Gasteiger partial charge in [-0.05, 0) is 42.4 Å². The van der Waals surface area contributed by atoms with Crippen molar-refractivity contribution >= 4 is 5.78 Å². The molecule has 0 aromatic heterocycles. The molecule has 1 spiro atoms. The van der Waals surface area contributed by atoms with E-state index in [1.54, 1.807) is 0 Å². The average molecular weight is 226 g/mol. The molecule has 0 unspecified atom stereocenters. The second kappa shape index (κ2) is 2.20. The fourth-order valence-corrected chi connectivity index (χ4v) is 5.97. The summed E-state index contributed by atoms with van der Waals surface area (Å²) in [5.74, 6) is 4.10. The van der Waals surface area contributed by atoms with Gasteiger partial charge in [0.15, 0.2) is 0 Å². The van der Waals surface area contributed by atoms with Gasteiger partial charge in [0.1, 0.15) is 5.78 Å². The van der Waals surface area contributed by atoms with Crippen LogP contribution in [0.3, 0.4) is 0 Å². The predicted molar refractivity (Wildman–Crippen MR) is 65.1 cm³/mol. The zero-order valence-corrected chi connectivity index (χ0v) is 10.4. The lowest BCUT2D eigenvalue weighted by molar-refractivity contribution is -0.134. The third-order valence-electron chi connectivity index (χ3n) is 6.43. The van der Waals surface area contributed by atoms with Crippen molar-refractivity contribution in [3.8, 4) is 0 Å². The lowest BCUT2D eigenvalue weighted by Crippen LogP contribution is -2.39. The third kappa shape index (κ3) is 0.701. The van der Waals surface area contributed by atoms with E-state index in [-0.39, 0.29) is 10.8 Å². The molecular formula is C16H18O. The van der Waals surface area contributed by atoms with Gasteiger partial charge in [0, 0.05) is 5.41 Å². The van der Waals surface area contributed by atoms with Gasteiger partial charge in [0.2, 0.25) is 0 Å². The van der Waals surface area contributed by atoms with Crippen LogP contribution in [0.2, 0.25) is 0 Å². The van der Waals surface area contributed by atoms with Gasteiger partial charge in [-0.2, -0.15) is 0 Å². The molecule has 0 heterocycles. The Bertz CT molecular complexity index is 524. The van der Waals surface area contributed by atoms with Crippen LogP contribution < -0.4 is 0 Å². The Balaban J connectivity index is 1.81. The smallest absolute Gasteiger partial charge is 0.149 e. The van der Waals surface area contributed by atoms with E-state index in [0.29, 0.717) is 23.5 Å². The minimum absolute atomic E-state index is 0.00694. The van der Waals surface area contributed by atoms with Gasteiger partial charge < -0.3 is 0 Å². The molecule has 0 aromatic rings. The van der Waals surface area contributed by atoms with Crippen LogP contribution in [-0.4, -0.2) is 5.78 Å². The SMILES string of the molecule is CC1(C)CC2=C[C@@H]3C=C[C@H]4[C@H]5C[C@@H]3[C@]2(C1=O)[C@H]45. The molecule has 88 valence electrons. The average Bonchev–Trinajstić information content (AvgIpc) is 2.72. The Hall–Kier alpha value is -0.850. The molecule has 6 rings (SSSR count). The summed E-state index contributed by atoms with van der Waals surface area (Å²) < 4.78 is 0. The summed E-state index contributed by atoms with van der Waals surface area (Å²) in [6.07, 6.45) is 9.65. The molecule has 17 heavy (non-hydrogen) atoms. The Morgan fingerprint density at radius 1 is 1.29 bits per heavy atom. The molecular weight excluding hydrogens is 208 g/mol. The normalized spacial score (nSPS) is 59.1. The minimum atomic E-state index is -0.0958. The predicted octanol–water partition coefficient (Wildman–Crippen LogP) is 2.98. The van der Waals surface area contributed by atoms with Gasteiger partial charge >= 0.3 is 0 Å². The maximum Gasteiger partial charge on any atom is 0.149 e. The lowest BCUT2D eigenvalue weighted by atomic mass is 9.68. The minimum Gasteiger partial charge on any atom is -0.298 e. The molecule has 1 heteroatoms. The molecule has 0 amide bonds. The molecule has 0 aliphatic heterocycles. The summed E-state index contributed by atoms with van der Waals surface area (Å²) in [5.41, 5.74) is 1.44. The van der Waals surface area contributed by atoms with Gasteiger partial charge in [-0.1, -0.05) is 37.6 Å². The van der Waals surface area contributed by atoms with Crippen LogP contribution in [0.5, 0.6) is 0 Å². The quantitative estimate of drug-likeness (QED) is 0.580. The maximum atomic E-state index is 13.0. The summed E-state index contributed by atoms with van der Waals surface area (Å²) >= 11 is 0. The van der Waals surface area contributed by atoms with Crippen LogP contribution in [0.4, 0.5) is 0 Å². The third-order valence-corrected chi connectivity index (χ3v) is 6.43. The van der Waals surface area contributed by atoms with E-state index in [1.165, 1.54) is 12.0 Å². The number of hydrogen-bond donors (Lipinski definition) is 0. The number of ketones is 1. The zero-order chi connectivity index (χ0) is 11.6. The molecule has 0 N–H and O–H groups in total. The van der Waals surface area contributed by atoms with E-state index in [1.807, 2.05) is 0 Å². The van der Waals surface area contributed by atoms with E-state index < -0.39 is 0 Å². The summed E-state index contributed by atoms with van der Waals surface area (Å²) in [4.78, 5) is 13.0. The van der Waals surface area contributed by atoms with Crippen molar-refractivity contribution in [3.05, 3.63) is 23.8 Å². The highest BCUT2D eigenvalue weighted by molar-refractivity contribution is 5.98. The maximum absolute atomic E-state index is 13.0. The van der Waals surface area contributed by atoms with Crippen LogP contribution in [0, 0.1) is 40.4 Å². The highest BCUT2D eigenvalue weighted by Crippen LogP contribution is 2.80. The van der Waals surface area contributed by atoms with Crippen molar-refractivity contribution in [2.75, 3.05) is 0 Å². The van der Waals surface area contributed by atoms with Gasteiger partial charge in [-0.3, -0.25) is 4.79 Å². The van der Waals surface area contributed by atoms with Crippen molar-refractivity contribution in [2.24, 2.45) is 40.4 Å². The Kier molecular flexibility index (Phi) is 1.18. The lowest BCUT2D eigenvalue weighted by Gasteiger charge is -2.32. The van der Waals surface area contributed by atoms with Crippen molar-refractivity contribution in [1.82, 2.24) is 0 Å². The molecule has 6 bridgehead atoms. The Labute approximate surface area is 102 Å². The first-order valence-corrected chi connectivity index (χ1v) is 7.01. The van der Waals surface area contributed by atoms with E-state index in [9.17, 15) is 4.79 Å². The first-order chi connectivity index (χ1) is 8.07. The Morgan fingerprint density at radius 3 is 2.94 bits per heavy atom. The molecule has 6 aliphatic rings. The van der Waals surface area contributed by atoms with E-state index in [4.69, 9.17) is 0 Å². The summed E-state index contributed by atoms with van der Waals surface area (Å²) in [6.45, 7) is 4.32. The van der Waals surface area contributed by atoms with E-state index in [2.05, 4.69) is 32.1 Å². The highest BCUT2D eigenvalue weighted by atomic mass is 16.1. The number of carbonyl (C=O) groups is 1. The second-order valence-corrected chi connectivity index (χ2v) is 7.52. The summed E-state index contributed by atoms with van der Waals surface area (Å²) in [6, 6.07) is 0. The molecule has 0 aromatic carbocycles. The van der Waals surface area contributed by atoms with Crippen LogP contribution in [-0.2, 0) is 4.79 Å². The van der Waals surface area contributed by atoms with E-state index in [0.717, 1.165) is 18.3 Å². The van der Waals surface area contributed by atoms with Gasteiger partial charge in [0.05, 0.1) is 5.41 Å². The molecule has 1 nitrogen and oxygen atoms in total. The van der Waals surface area contributed by atoms with Crippen molar-refractivity contribution in [1.29, 1.82) is 0 Å². The number of hydrogen-bond acceptors (Lipinski definition) is 1. The summed E-state index contributed by atoms with van der Waals surface area (Å²) in [5, 5.41) is 0. The number of allylic oxidation sites excluding steroid dienone is 4. The zero-order valence-electron chi connectivity index (χ0n) is 10.4. The molecule has 0 saturated heterocycles. The van der Waals surface area contributed by atoms with Crippen LogP contribution in [0.25, 0.3) is 0 Å². The summed E-state index contributed by atoms with van der Waals surface area (Å²) in [7, 11) is 0. The second-order valence-electron chi connectivity index (χ2n) is 7.52. The monoisotopic (exact) mass is 226 g/mol. The standard InChI is InChI=1S/C16H18O/c1-15(2)7-9-5-8-3-4-10-11-6-12(8)16(9,13(10)11)14(15)17/h3-5,8,10-13H,6-7H2,1-2H3/t8-,10-,11+,12-,13+,16-/m0/s1. The number of rotatable bonds is 0. The Morgan fingerprint density at radius 2 is 2.12 bits per heavy atom. The topological polar surface area (TPSA) is 17.1 Å². The molecule has 6 aliphatic carbocycles. The fraction of sp³-hybridized carbons (Fsp3) is 0.688. The van der Waals surface area contributed by atoms with Gasteiger partial charge in [-0.15, -0.1) is 0 Å². The first-order valence-electron chi connectivity index (χ1n) is 7.01. The van der Waals surface area contributed by atoms with Crippen molar-refractivity contribution in [3.63, 3.8) is 0 Å². The fourth-order valence-electron chi connectivity index (χ4n) is 5.97. The largest absolute Gasteiger partial charge is 0.298 e. The van der Waals surface area contributed by atoms with Crippen LogP contribution in [0.15, 0.2) is 23.8 Å². The molecule has 6 atom stereocenters. The van der Waals surface area contributed by atoms with Crippen LogP contribution >= 0.6 is 0 Å². The number of carbonyl (C=O) groups excluding carboxylic acids is 1. The first kappa shape index (κ1) is 9.13.